The van der Waals surface area contributed by atoms with E-state index < -0.39 is 0 Å². The quantitative estimate of drug-likeness (QED) is 0.285. The molecular formula is C11H11N5OS. The zero-order valence-corrected chi connectivity index (χ0v) is 10.4. The van der Waals surface area contributed by atoms with Gasteiger partial charge in [0, 0.05) is 12.4 Å². The Hall–Kier alpha value is -2.15. The van der Waals surface area contributed by atoms with Crippen molar-refractivity contribution in [3.8, 4) is 0 Å². The second-order valence-corrected chi connectivity index (χ2v) is 4.48. The summed E-state index contributed by atoms with van der Waals surface area (Å²) in [5.41, 5.74) is 6.88. The van der Waals surface area contributed by atoms with E-state index in [1.807, 2.05) is 13.0 Å². The molecule has 0 saturated carbocycles. The molecule has 0 atom stereocenters. The molecule has 7 heteroatoms. The van der Waals surface area contributed by atoms with Crippen LogP contribution in [0.4, 0.5) is 0 Å². The van der Waals surface area contributed by atoms with Crippen molar-refractivity contribution >= 4 is 17.6 Å². The highest BCUT2D eigenvalue weighted by Crippen LogP contribution is 2.22. The minimum atomic E-state index is -0.0257. The Morgan fingerprint density at radius 2 is 2.06 bits per heavy atom. The van der Waals surface area contributed by atoms with Gasteiger partial charge in [0.15, 0.2) is 11.0 Å². The zero-order chi connectivity index (χ0) is 13.0. The van der Waals surface area contributed by atoms with Crippen LogP contribution >= 0.6 is 11.8 Å². The Morgan fingerprint density at radius 3 is 2.72 bits per heavy atom. The third-order valence-electron chi connectivity index (χ3n) is 2.05. The third-order valence-corrected chi connectivity index (χ3v) is 2.88. The molecule has 92 valence electrons. The molecule has 0 unspecified atom stereocenters. The minimum absolute atomic E-state index is 0.0257. The molecule has 0 amide bonds. The van der Waals surface area contributed by atoms with E-state index >= 15 is 0 Å². The Labute approximate surface area is 108 Å². The summed E-state index contributed by atoms with van der Waals surface area (Å²) in [6.45, 7) is 1.92. The number of aryl methyl sites for hydroxylation is 1. The van der Waals surface area contributed by atoms with Gasteiger partial charge >= 0.3 is 0 Å². The molecule has 0 fully saturated rings. The van der Waals surface area contributed by atoms with Gasteiger partial charge in [-0.25, -0.2) is 15.0 Å². The highest BCUT2D eigenvalue weighted by Gasteiger charge is 2.05. The largest absolute Gasteiger partial charge is 0.409 e. The van der Waals surface area contributed by atoms with Crippen LogP contribution in [0.2, 0.25) is 0 Å². The molecule has 0 aliphatic rings. The van der Waals surface area contributed by atoms with Gasteiger partial charge in [0.2, 0.25) is 0 Å². The molecule has 0 aliphatic carbocycles. The lowest BCUT2D eigenvalue weighted by molar-refractivity contribution is 0.318. The highest BCUT2D eigenvalue weighted by molar-refractivity contribution is 7.99. The second-order valence-electron chi connectivity index (χ2n) is 3.49. The van der Waals surface area contributed by atoms with E-state index in [1.165, 1.54) is 11.8 Å². The predicted octanol–water partition coefficient (Wildman–Crippen LogP) is 1.43. The van der Waals surface area contributed by atoms with Crippen LogP contribution in [-0.4, -0.2) is 26.0 Å². The Bertz CT molecular complexity index is 570. The first-order valence-corrected chi connectivity index (χ1v) is 5.92. The van der Waals surface area contributed by atoms with Crippen molar-refractivity contribution in [1.82, 2.24) is 15.0 Å². The highest BCUT2D eigenvalue weighted by atomic mass is 32.2. The van der Waals surface area contributed by atoms with Crippen LogP contribution in [-0.2, 0) is 0 Å². The standard InChI is InChI=1S/C11H11N5OS/c1-7-5-13-11(14-6-7)18-9-4-2-3-8(15-9)10(12)16-17/h2-6,17H,1H3,(H2,12,16). The molecule has 2 heterocycles. The number of pyridine rings is 1. The van der Waals surface area contributed by atoms with Gasteiger partial charge in [-0.1, -0.05) is 11.2 Å². The average molecular weight is 261 g/mol. The van der Waals surface area contributed by atoms with Gasteiger partial charge in [0.1, 0.15) is 10.7 Å². The van der Waals surface area contributed by atoms with Crippen LogP contribution in [0.25, 0.3) is 0 Å². The maximum Gasteiger partial charge on any atom is 0.193 e. The van der Waals surface area contributed by atoms with Crippen molar-refractivity contribution in [2.75, 3.05) is 0 Å². The lowest BCUT2D eigenvalue weighted by Crippen LogP contribution is -2.14. The number of amidine groups is 1. The fraction of sp³-hybridized carbons (Fsp3) is 0.0909. The molecule has 2 aromatic rings. The summed E-state index contributed by atoms with van der Waals surface area (Å²) in [4.78, 5) is 12.6. The van der Waals surface area contributed by atoms with Gasteiger partial charge in [-0.3, -0.25) is 0 Å². The molecule has 0 saturated heterocycles. The van der Waals surface area contributed by atoms with Crippen molar-refractivity contribution in [2.24, 2.45) is 10.9 Å². The van der Waals surface area contributed by atoms with Crippen LogP contribution in [0.15, 0.2) is 45.9 Å². The topological polar surface area (TPSA) is 97.3 Å². The molecule has 0 aliphatic heterocycles. The first kappa shape index (κ1) is 12.3. The Balaban J connectivity index is 2.22. The maximum atomic E-state index is 8.59. The maximum absolute atomic E-state index is 8.59. The number of aromatic nitrogens is 3. The van der Waals surface area contributed by atoms with E-state index in [-0.39, 0.29) is 5.84 Å². The van der Waals surface area contributed by atoms with Crippen molar-refractivity contribution in [2.45, 2.75) is 17.1 Å². The van der Waals surface area contributed by atoms with Gasteiger partial charge in [-0.05, 0) is 36.4 Å². The molecule has 3 N–H and O–H groups in total. The van der Waals surface area contributed by atoms with E-state index in [0.717, 1.165) is 5.56 Å². The normalized spacial score (nSPS) is 11.5. The number of nitrogens with two attached hydrogens (primary N) is 1. The first-order chi connectivity index (χ1) is 8.69. The summed E-state index contributed by atoms with van der Waals surface area (Å²) < 4.78 is 0. The smallest absolute Gasteiger partial charge is 0.193 e. The summed E-state index contributed by atoms with van der Waals surface area (Å²) in [6, 6.07) is 5.24. The van der Waals surface area contributed by atoms with Crippen molar-refractivity contribution in [1.29, 1.82) is 0 Å². The molecule has 0 spiro atoms. The van der Waals surface area contributed by atoms with E-state index in [9.17, 15) is 0 Å². The monoisotopic (exact) mass is 261 g/mol. The predicted molar refractivity (Wildman–Crippen MR) is 67.6 cm³/mol. The lowest BCUT2D eigenvalue weighted by atomic mass is 10.3. The van der Waals surface area contributed by atoms with E-state index in [2.05, 4.69) is 20.1 Å². The van der Waals surface area contributed by atoms with Crippen molar-refractivity contribution in [3.05, 3.63) is 41.9 Å². The van der Waals surface area contributed by atoms with Crippen LogP contribution in [0.5, 0.6) is 0 Å². The molecule has 2 aromatic heterocycles. The fourth-order valence-corrected chi connectivity index (χ4v) is 1.88. The number of oxime groups is 1. The van der Waals surface area contributed by atoms with Gasteiger partial charge in [0.25, 0.3) is 0 Å². The lowest BCUT2D eigenvalue weighted by Gasteiger charge is -2.02. The van der Waals surface area contributed by atoms with Gasteiger partial charge in [-0.15, -0.1) is 0 Å². The average Bonchev–Trinajstić information content (AvgIpc) is 2.41. The van der Waals surface area contributed by atoms with E-state index in [0.29, 0.717) is 15.9 Å². The zero-order valence-electron chi connectivity index (χ0n) is 9.61. The number of hydrogen-bond donors (Lipinski definition) is 2. The third kappa shape index (κ3) is 2.95. The summed E-state index contributed by atoms with van der Waals surface area (Å²) >= 11 is 1.31. The van der Waals surface area contributed by atoms with E-state index in [1.54, 1.807) is 24.5 Å². The first-order valence-electron chi connectivity index (χ1n) is 5.10. The molecule has 2 rings (SSSR count). The molecule has 0 bridgehead atoms. The Kier molecular flexibility index (Phi) is 3.73. The van der Waals surface area contributed by atoms with Crippen molar-refractivity contribution in [3.63, 3.8) is 0 Å². The molecular weight excluding hydrogens is 250 g/mol. The summed E-state index contributed by atoms with van der Waals surface area (Å²) in [6.07, 6.45) is 3.48. The van der Waals surface area contributed by atoms with Crippen LogP contribution < -0.4 is 5.73 Å². The van der Waals surface area contributed by atoms with Gasteiger partial charge in [0.05, 0.1) is 0 Å². The molecule has 0 aromatic carbocycles. The van der Waals surface area contributed by atoms with Crippen LogP contribution in [0.3, 0.4) is 0 Å². The van der Waals surface area contributed by atoms with Gasteiger partial charge in [-0.2, -0.15) is 0 Å². The summed E-state index contributed by atoms with van der Waals surface area (Å²) in [5.74, 6) is -0.0257. The summed E-state index contributed by atoms with van der Waals surface area (Å²) in [5, 5.41) is 12.8. The minimum Gasteiger partial charge on any atom is -0.409 e. The molecule has 0 radical (unpaired) electrons. The number of nitrogens with zero attached hydrogens (tertiary/aromatic N) is 4. The Morgan fingerprint density at radius 1 is 1.33 bits per heavy atom. The van der Waals surface area contributed by atoms with Crippen molar-refractivity contribution < 1.29 is 5.21 Å². The number of rotatable bonds is 3. The summed E-state index contributed by atoms with van der Waals surface area (Å²) in [7, 11) is 0. The second kappa shape index (κ2) is 5.46. The SMILES string of the molecule is Cc1cnc(Sc2cccc(C(N)=NO)n2)nc1. The van der Waals surface area contributed by atoms with Crippen LogP contribution in [0, 0.1) is 6.92 Å². The molecule has 18 heavy (non-hydrogen) atoms. The van der Waals surface area contributed by atoms with Crippen LogP contribution in [0.1, 0.15) is 11.3 Å². The van der Waals surface area contributed by atoms with E-state index in [4.69, 9.17) is 10.9 Å². The molecule has 6 nitrogen and oxygen atoms in total. The fourth-order valence-electron chi connectivity index (χ4n) is 1.19. The van der Waals surface area contributed by atoms with Gasteiger partial charge < -0.3 is 10.9 Å². The number of hydrogen-bond acceptors (Lipinski definition) is 6.